The Bertz CT molecular complexity index is 1360. The van der Waals surface area contributed by atoms with E-state index in [1.165, 1.54) is 0 Å². The van der Waals surface area contributed by atoms with Crippen LogP contribution in [0.1, 0.15) is 10.4 Å². The molecule has 0 saturated carbocycles. The van der Waals surface area contributed by atoms with Crippen molar-refractivity contribution in [1.29, 1.82) is 0 Å². The number of fused-ring (bicyclic) bond motifs is 10. The summed E-state index contributed by atoms with van der Waals surface area (Å²) in [5, 5.41) is 0. The van der Waals surface area contributed by atoms with Gasteiger partial charge in [0, 0.05) is 0 Å². The fraction of sp³-hybridized carbons (Fsp3) is 0.588. The maximum atomic E-state index is 14.3. The third-order valence-electron chi connectivity index (χ3n) is 16.5. The predicted molar refractivity (Wildman–Crippen MR) is 67.0 cm³/mol. The van der Waals surface area contributed by atoms with Crippen molar-refractivity contribution in [3.8, 4) is 0 Å². The van der Waals surface area contributed by atoms with Crippen LogP contribution in [0, 0.1) is 29.1 Å². The van der Waals surface area contributed by atoms with Gasteiger partial charge in [0.25, 0.3) is 0 Å². The quantitative estimate of drug-likeness (QED) is 0.223. The first-order valence-corrected chi connectivity index (χ1v) is 14.7. The van der Waals surface area contributed by atoms with Crippen LogP contribution in [-0.2, 0) is 6.51 Å². The average Bonchev–Trinajstić information content (AvgIpc) is 3.50. The van der Waals surface area contributed by atoms with E-state index in [4.69, 9.17) is 0 Å². The van der Waals surface area contributed by atoms with Crippen molar-refractivity contribution in [3.63, 3.8) is 0 Å². The molecule has 10 fully saturated rings. The van der Waals surface area contributed by atoms with Crippen LogP contribution in [0.25, 0.3) is 0 Å². The van der Waals surface area contributed by atoms with Gasteiger partial charge in [0.15, 0.2) is 0 Å². The Labute approximate surface area is 121 Å². The Balaban J connectivity index is 1.32. The Morgan fingerprint density at radius 3 is 1.33 bits per heavy atom. The van der Waals surface area contributed by atoms with Crippen molar-refractivity contribution in [2.45, 2.75) is 47.7 Å². The van der Waals surface area contributed by atoms with Crippen LogP contribution in [0.15, 0.2) is 0 Å². The molecule has 11 rings (SSSR count). The Morgan fingerprint density at radius 2 is 1.04 bits per heavy atom. The third kappa shape index (κ3) is 0.140. The predicted octanol–water partition coefficient (Wildman–Crippen LogP) is 5.32. The van der Waals surface area contributed by atoms with Gasteiger partial charge in [-0.2, -0.15) is 0 Å². The molecular formula is C17H9F5FeO. The number of rotatable bonds is 2. The van der Waals surface area contributed by atoms with Gasteiger partial charge in [-0.15, -0.1) is 0 Å². The van der Waals surface area contributed by atoms with Crippen LogP contribution in [0.4, 0.5) is 22.0 Å². The van der Waals surface area contributed by atoms with E-state index in [1.54, 1.807) is 0 Å². The molecule has 126 valence electrons. The molecular weight excluding hydrogens is 371 g/mol. The summed E-state index contributed by atoms with van der Waals surface area (Å²) >= 11 is 0. The van der Waals surface area contributed by atoms with E-state index in [1.807, 2.05) is 0 Å². The summed E-state index contributed by atoms with van der Waals surface area (Å²) in [5.41, 5.74) is -1.11. The zero-order valence-corrected chi connectivity index (χ0v) is 13.0. The Morgan fingerprint density at radius 1 is 0.667 bits per heavy atom. The summed E-state index contributed by atoms with van der Waals surface area (Å²) < 4.78 is 68.6. The van der Waals surface area contributed by atoms with Crippen molar-refractivity contribution in [2.75, 3.05) is 0 Å². The monoisotopic (exact) mass is 380 g/mol. The summed E-state index contributed by atoms with van der Waals surface area (Å²) in [6.07, 6.45) is 0. The molecule has 1 nitrogen and oxygen atoms in total. The number of hydrogen-bond acceptors (Lipinski definition) is 1. The zero-order chi connectivity index (χ0) is 16.1. The summed E-state index contributed by atoms with van der Waals surface area (Å²) in [5.74, 6) is -10.6. The van der Waals surface area contributed by atoms with Gasteiger partial charge >= 0.3 is 121 Å². The van der Waals surface area contributed by atoms with E-state index < -0.39 is 51.3 Å². The second-order valence-electron chi connectivity index (χ2n) is 12.0. The van der Waals surface area contributed by atoms with E-state index in [0.717, 1.165) is 33.7 Å². The van der Waals surface area contributed by atoms with E-state index in [-0.39, 0.29) is 0 Å². The zero-order valence-electron chi connectivity index (χ0n) is 11.8. The van der Waals surface area contributed by atoms with Crippen LogP contribution >= 0.6 is 0 Å². The molecule has 0 amide bonds. The number of carbonyl (C=O) groups excluding carboxylic acids is 1. The molecule has 10 heterocycles. The Kier molecular flexibility index (Phi) is 0.435. The minimum absolute atomic E-state index is 0.402. The second kappa shape index (κ2) is 1.02. The van der Waals surface area contributed by atoms with Gasteiger partial charge in [0.05, 0.1) is 0 Å². The summed E-state index contributed by atoms with van der Waals surface area (Å²) in [6, 6.07) is 0. The van der Waals surface area contributed by atoms with Gasteiger partial charge in [-0.1, -0.05) is 0 Å². The molecule has 10 saturated heterocycles. The molecule has 1 spiro atoms. The van der Waals surface area contributed by atoms with Crippen molar-refractivity contribution >= 4 is 5.78 Å². The SMILES string of the molecule is O=C(c1c(F)c(F)c(F)c(F)c1F)[C]12[CH]3[CH]4[CH]5[CH]1[Fe]45321678[CH]2[CH]1[CH]6[CH]7[CH]28. The first-order chi connectivity index (χ1) is 11.1. The standard InChI is InChI=1S/C12H4F5O.C5H5.Fe/c13-7-6(12(18)5-3-1-2-4-5)8(14)10(16)11(17)9(7)15;1-2-4-5-3-1;/h1-4H;1-5H;. The van der Waals surface area contributed by atoms with Crippen LogP contribution < -0.4 is 0 Å². The number of carbonyl (C=O) groups is 1. The normalized spacial score (nSPS) is 87.8. The first-order valence-electron chi connectivity index (χ1n) is 8.41. The van der Waals surface area contributed by atoms with E-state index >= 15 is 0 Å². The molecule has 1 aromatic rings. The molecule has 0 radical (unpaired) electrons. The molecule has 7 heteroatoms. The van der Waals surface area contributed by atoms with Gasteiger partial charge < -0.3 is 0 Å². The van der Waals surface area contributed by atoms with E-state index in [9.17, 15) is 26.7 Å². The second-order valence-corrected chi connectivity index (χ2v) is 35.5. The fourth-order valence-electron chi connectivity index (χ4n) is 17.8. The van der Waals surface area contributed by atoms with Crippen molar-refractivity contribution in [3.05, 3.63) is 34.6 Å². The van der Waals surface area contributed by atoms with Crippen LogP contribution in [0.5, 0.6) is 0 Å². The number of halogens is 5. The van der Waals surface area contributed by atoms with Gasteiger partial charge in [-0.05, 0) is 0 Å². The summed E-state index contributed by atoms with van der Waals surface area (Å²) in [7, 11) is 0. The molecule has 10 aliphatic rings. The number of benzene rings is 1. The van der Waals surface area contributed by atoms with Crippen LogP contribution in [0.3, 0.4) is 0 Å². The van der Waals surface area contributed by atoms with Gasteiger partial charge in [-0.3, -0.25) is 0 Å². The van der Waals surface area contributed by atoms with Crippen LogP contribution in [0.2, 0.25) is 47.7 Å². The summed E-state index contributed by atoms with van der Waals surface area (Å²) in [6.45, 7) is -3.99. The molecule has 0 N–H and O–H groups in total. The van der Waals surface area contributed by atoms with Gasteiger partial charge in [0.2, 0.25) is 0 Å². The van der Waals surface area contributed by atoms with Crippen LogP contribution in [-0.4, -0.2) is 5.78 Å². The molecule has 1 aromatic carbocycles. The molecule has 0 aliphatic carbocycles. The number of hydrogen-bond donors (Lipinski definition) is 0. The Hall–Kier alpha value is -0.941. The molecule has 0 aromatic heterocycles. The number of ketones is 1. The van der Waals surface area contributed by atoms with Gasteiger partial charge in [0.1, 0.15) is 0 Å². The molecule has 10 aliphatic heterocycles. The van der Waals surface area contributed by atoms with Gasteiger partial charge in [-0.25, -0.2) is 0 Å². The molecule has 24 heavy (non-hydrogen) atoms. The molecule has 4 unspecified atom stereocenters. The van der Waals surface area contributed by atoms with Crippen molar-refractivity contribution < 1.29 is 33.3 Å². The minimum atomic E-state index is -3.99. The molecule has 0 bridgehead atoms. The van der Waals surface area contributed by atoms with Crippen molar-refractivity contribution in [2.24, 2.45) is 0 Å². The van der Waals surface area contributed by atoms with E-state index in [2.05, 4.69) is 0 Å². The topological polar surface area (TPSA) is 17.1 Å². The maximum absolute atomic E-state index is 14.3. The van der Waals surface area contributed by atoms with Crippen molar-refractivity contribution in [1.82, 2.24) is 0 Å². The van der Waals surface area contributed by atoms with E-state index in [0.29, 0.717) is 9.63 Å². The first kappa shape index (κ1) is 10.3. The summed E-state index contributed by atoms with van der Waals surface area (Å²) in [4.78, 5) is 19.3. The third-order valence-corrected chi connectivity index (χ3v) is 58.8. The fourth-order valence-corrected chi connectivity index (χ4v) is 91.6. The molecule has 4 atom stereocenters. The average molecular weight is 380 g/mol. The number of Topliss-reactive ketones (excluding diaryl/α,β-unsaturated/α-hetero) is 1.